The highest BCUT2D eigenvalue weighted by Gasteiger charge is 2.28. The number of hydrogen-bond acceptors (Lipinski definition) is 6. The number of fused-ring (bicyclic) bond motifs is 1. The summed E-state index contributed by atoms with van der Waals surface area (Å²) < 4.78 is 38.8. The molecule has 8 nitrogen and oxygen atoms in total. The summed E-state index contributed by atoms with van der Waals surface area (Å²) in [5, 5.41) is 2.80. The van der Waals surface area contributed by atoms with Crippen LogP contribution in [-0.2, 0) is 10.0 Å². The van der Waals surface area contributed by atoms with Crippen molar-refractivity contribution in [2.24, 2.45) is 0 Å². The first-order valence-corrected chi connectivity index (χ1v) is 11.3. The zero-order valence-electron chi connectivity index (χ0n) is 16.8. The minimum Gasteiger partial charge on any atom is -0.486 e. The Morgan fingerprint density at radius 3 is 2.57 bits per heavy atom. The van der Waals surface area contributed by atoms with Crippen molar-refractivity contribution in [2.45, 2.75) is 11.0 Å². The van der Waals surface area contributed by atoms with Crippen LogP contribution in [0.4, 0.5) is 0 Å². The van der Waals surface area contributed by atoms with Crippen molar-refractivity contribution in [3.63, 3.8) is 0 Å². The van der Waals surface area contributed by atoms with E-state index in [4.69, 9.17) is 9.47 Å². The van der Waals surface area contributed by atoms with Gasteiger partial charge in [0.15, 0.2) is 11.5 Å². The highest BCUT2D eigenvalue weighted by atomic mass is 32.2. The van der Waals surface area contributed by atoms with Gasteiger partial charge in [-0.05, 0) is 37.4 Å². The molecule has 0 aromatic heterocycles. The van der Waals surface area contributed by atoms with Crippen molar-refractivity contribution in [1.29, 1.82) is 0 Å². The average molecular weight is 432 g/mol. The van der Waals surface area contributed by atoms with Gasteiger partial charge in [0, 0.05) is 31.7 Å². The van der Waals surface area contributed by atoms with Crippen LogP contribution in [-0.4, -0.2) is 76.0 Å². The van der Waals surface area contributed by atoms with E-state index in [1.807, 2.05) is 31.3 Å². The molecule has 2 aromatic rings. The van der Waals surface area contributed by atoms with Gasteiger partial charge in [-0.15, -0.1) is 0 Å². The number of likely N-dealkylation sites (N-methyl/N-ethyl adjacent to an activating group) is 1. The van der Waals surface area contributed by atoms with E-state index in [0.29, 0.717) is 49.8 Å². The molecule has 0 saturated carbocycles. The lowest BCUT2D eigenvalue weighted by molar-refractivity contribution is 0.0789. The predicted molar refractivity (Wildman–Crippen MR) is 111 cm³/mol. The number of carbonyl (C=O) groups is 1. The monoisotopic (exact) mass is 431 g/mol. The van der Waals surface area contributed by atoms with Crippen LogP contribution in [0.15, 0.2) is 53.4 Å². The summed E-state index contributed by atoms with van der Waals surface area (Å²) in [7, 11) is -1.66. The first kappa shape index (κ1) is 20.6. The van der Waals surface area contributed by atoms with Gasteiger partial charge in [0.05, 0.1) is 11.4 Å². The Morgan fingerprint density at radius 2 is 1.80 bits per heavy atom. The molecule has 4 rings (SSSR count). The SMILES string of the molecule is CN1CCN(S(=O)(=O)c2cccc(C(=O)NC[C@@H]3COc4ccccc4O3)c2)CC1. The summed E-state index contributed by atoms with van der Waals surface area (Å²) in [5.41, 5.74) is 0.294. The highest BCUT2D eigenvalue weighted by Crippen LogP contribution is 2.30. The lowest BCUT2D eigenvalue weighted by Crippen LogP contribution is -2.47. The largest absolute Gasteiger partial charge is 0.486 e. The maximum Gasteiger partial charge on any atom is 0.251 e. The van der Waals surface area contributed by atoms with Crippen LogP contribution in [0, 0.1) is 0 Å². The molecule has 0 unspecified atom stereocenters. The smallest absolute Gasteiger partial charge is 0.251 e. The molecule has 2 aliphatic heterocycles. The van der Waals surface area contributed by atoms with E-state index in [0.717, 1.165) is 0 Å². The number of sulfonamides is 1. The van der Waals surface area contributed by atoms with Crippen LogP contribution in [0.5, 0.6) is 11.5 Å². The number of piperazine rings is 1. The van der Waals surface area contributed by atoms with Crippen LogP contribution in [0.2, 0.25) is 0 Å². The van der Waals surface area contributed by atoms with Crippen LogP contribution < -0.4 is 14.8 Å². The number of nitrogens with zero attached hydrogens (tertiary/aromatic N) is 2. The Balaban J connectivity index is 1.39. The summed E-state index contributed by atoms with van der Waals surface area (Å²) >= 11 is 0. The van der Waals surface area contributed by atoms with Crippen molar-refractivity contribution >= 4 is 15.9 Å². The third-order valence-corrected chi connectivity index (χ3v) is 7.15. The zero-order valence-corrected chi connectivity index (χ0v) is 17.6. The predicted octanol–water partition coefficient (Wildman–Crippen LogP) is 1.19. The van der Waals surface area contributed by atoms with Crippen molar-refractivity contribution < 1.29 is 22.7 Å². The highest BCUT2D eigenvalue weighted by molar-refractivity contribution is 7.89. The number of ether oxygens (including phenoxy) is 2. The van der Waals surface area contributed by atoms with Gasteiger partial charge < -0.3 is 19.7 Å². The second kappa shape index (κ2) is 8.63. The van der Waals surface area contributed by atoms with Crippen molar-refractivity contribution in [3.8, 4) is 11.5 Å². The quantitative estimate of drug-likeness (QED) is 0.765. The molecule has 0 aliphatic carbocycles. The molecule has 0 spiro atoms. The second-order valence-corrected chi connectivity index (χ2v) is 9.38. The molecule has 2 aliphatic rings. The van der Waals surface area contributed by atoms with Crippen molar-refractivity contribution in [3.05, 3.63) is 54.1 Å². The third kappa shape index (κ3) is 4.43. The maximum absolute atomic E-state index is 12.9. The fourth-order valence-electron chi connectivity index (χ4n) is 3.45. The van der Waals surface area contributed by atoms with E-state index >= 15 is 0 Å². The molecule has 1 amide bonds. The molecule has 0 bridgehead atoms. The second-order valence-electron chi connectivity index (χ2n) is 7.44. The molecule has 1 saturated heterocycles. The summed E-state index contributed by atoms with van der Waals surface area (Å²) in [6, 6.07) is 13.5. The number of hydrogen-bond donors (Lipinski definition) is 1. The number of rotatable bonds is 5. The fourth-order valence-corrected chi connectivity index (χ4v) is 4.92. The summed E-state index contributed by atoms with van der Waals surface area (Å²) in [4.78, 5) is 14.8. The molecule has 1 fully saturated rings. The Bertz CT molecular complexity index is 1020. The summed E-state index contributed by atoms with van der Waals surface area (Å²) in [6.45, 7) is 2.83. The molecule has 1 N–H and O–H groups in total. The van der Waals surface area contributed by atoms with E-state index in [9.17, 15) is 13.2 Å². The molecule has 1 atom stereocenters. The molecule has 160 valence electrons. The first-order chi connectivity index (χ1) is 14.4. The number of amides is 1. The fraction of sp³-hybridized carbons (Fsp3) is 0.381. The Kier molecular flexibility index (Phi) is 5.94. The number of carbonyl (C=O) groups excluding carboxylic acids is 1. The number of benzene rings is 2. The van der Waals surface area contributed by atoms with Crippen molar-refractivity contribution in [2.75, 3.05) is 46.4 Å². The lowest BCUT2D eigenvalue weighted by atomic mass is 10.2. The van der Waals surface area contributed by atoms with E-state index in [1.165, 1.54) is 16.4 Å². The zero-order chi connectivity index (χ0) is 21.1. The van der Waals surface area contributed by atoms with E-state index in [-0.39, 0.29) is 23.5 Å². The van der Waals surface area contributed by atoms with Gasteiger partial charge in [0.25, 0.3) is 5.91 Å². The normalized spacial score (nSPS) is 20.0. The van der Waals surface area contributed by atoms with Gasteiger partial charge in [-0.25, -0.2) is 8.42 Å². The minimum absolute atomic E-state index is 0.130. The Labute approximate surface area is 176 Å². The minimum atomic E-state index is -3.63. The van der Waals surface area contributed by atoms with Gasteiger partial charge in [-0.1, -0.05) is 18.2 Å². The van der Waals surface area contributed by atoms with Crippen LogP contribution in [0.3, 0.4) is 0 Å². The molecule has 0 radical (unpaired) electrons. The number of para-hydroxylation sites is 2. The molecule has 2 heterocycles. The number of nitrogens with one attached hydrogen (secondary N) is 1. The standard InChI is InChI=1S/C21H25N3O5S/c1-23-9-11-24(12-10-23)30(26,27)18-6-4-5-16(13-18)21(25)22-14-17-15-28-19-7-2-3-8-20(19)29-17/h2-8,13,17H,9-12,14-15H2,1H3,(H,22,25)/t17-/m1/s1. The van der Waals surface area contributed by atoms with Crippen LogP contribution in [0.1, 0.15) is 10.4 Å². The maximum atomic E-state index is 12.9. The molecular formula is C21H25N3O5S. The van der Waals surface area contributed by atoms with E-state index in [2.05, 4.69) is 10.2 Å². The first-order valence-electron chi connectivity index (χ1n) is 9.89. The third-order valence-electron chi connectivity index (χ3n) is 5.25. The average Bonchev–Trinajstić information content (AvgIpc) is 2.77. The van der Waals surface area contributed by atoms with Crippen LogP contribution in [0.25, 0.3) is 0 Å². The van der Waals surface area contributed by atoms with E-state index in [1.54, 1.807) is 12.1 Å². The van der Waals surface area contributed by atoms with Crippen LogP contribution >= 0.6 is 0 Å². The van der Waals surface area contributed by atoms with Gasteiger partial charge in [-0.3, -0.25) is 4.79 Å². The summed E-state index contributed by atoms with van der Waals surface area (Å²) in [6.07, 6.45) is -0.318. The Hall–Kier alpha value is -2.62. The van der Waals surface area contributed by atoms with Gasteiger partial charge >= 0.3 is 0 Å². The Morgan fingerprint density at radius 1 is 1.07 bits per heavy atom. The molecule has 9 heteroatoms. The van der Waals surface area contributed by atoms with Crippen molar-refractivity contribution in [1.82, 2.24) is 14.5 Å². The lowest BCUT2D eigenvalue weighted by Gasteiger charge is -2.31. The van der Waals surface area contributed by atoms with Gasteiger partial charge in [-0.2, -0.15) is 4.31 Å². The van der Waals surface area contributed by atoms with Gasteiger partial charge in [0.2, 0.25) is 10.0 Å². The summed E-state index contributed by atoms with van der Waals surface area (Å²) in [5.74, 6) is 0.970. The molecular weight excluding hydrogens is 406 g/mol. The van der Waals surface area contributed by atoms with Gasteiger partial charge in [0.1, 0.15) is 12.7 Å². The molecule has 2 aromatic carbocycles. The molecule has 30 heavy (non-hydrogen) atoms. The topological polar surface area (TPSA) is 88.2 Å². The van der Waals surface area contributed by atoms with E-state index < -0.39 is 10.0 Å².